The first-order chi connectivity index (χ1) is 11.1. The molecule has 0 saturated carbocycles. The predicted molar refractivity (Wildman–Crippen MR) is 85.8 cm³/mol. The van der Waals surface area contributed by atoms with E-state index < -0.39 is 34.8 Å². The Morgan fingerprint density at radius 2 is 1.79 bits per heavy atom. The van der Waals surface area contributed by atoms with Crippen LogP contribution in [-0.4, -0.2) is 32.3 Å². The Bertz CT molecular complexity index is 778. The van der Waals surface area contributed by atoms with E-state index in [2.05, 4.69) is 0 Å². The highest BCUT2D eigenvalue weighted by Crippen LogP contribution is 2.38. The Morgan fingerprint density at radius 3 is 2.25 bits per heavy atom. The lowest BCUT2D eigenvalue weighted by Gasteiger charge is -2.28. The molecule has 132 valence electrons. The van der Waals surface area contributed by atoms with Crippen molar-refractivity contribution in [3.8, 4) is 0 Å². The molecule has 0 bridgehead atoms. The van der Waals surface area contributed by atoms with Crippen LogP contribution >= 0.6 is 22.9 Å². The summed E-state index contributed by atoms with van der Waals surface area (Å²) in [6, 6.07) is 7.59. The van der Waals surface area contributed by atoms with E-state index in [1.165, 1.54) is 36.4 Å². The van der Waals surface area contributed by atoms with E-state index in [1.807, 2.05) is 4.72 Å². The number of thiophene rings is 1. The molecule has 2 atom stereocenters. The molecule has 1 aromatic heterocycles. The van der Waals surface area contributed by atoms with Crippen LogP contribution in [0.1, 0.15) is 11.5 Å². The first kappa shape index (κ1) is 19.2. The average molecular weight is 400 g/mol. The number of aliphatic hydroxyl groups is 1. The number of halogens is 4. The van der Waals surface area contributed by atoms with Crippen LogP contribution in [0, 0.1) is 0 Å². The van der Waals surface area contributed by atoms with Gasteiger partial charge in [0.2, 0.25) is 10.0 Å². The van der Waals surface area contributed by atoms with Crippen LogP contribution in [0.15, 0.2) is 46.7 Å². The van der Waals surface area contributed by atoms with Crippen LogP contribution < -0.4 is 4.72 Å². The van der Waals surface area contributed by atoms with Crippen LogP contribution in [0.4, 0.5) is 13.2 Å². The van der Waals surface area contributed by atoms with Crippen molar-refractivity contribution in [3.05, 3.63) is 52.4 Å². The highest BCUT2D eigenvalue weighted by atomic mass is 35.5. The van der Waals surface area contributed by atoms with Gasteiger partial charge in [0.1, 0.15) is 4.21 Å². The summed E-state index contributed by atoms with van der Waals surface area (Å²) in [5.41, 5.74) is -0.143. The molecule has 0 aliphatic rings. The number of nitrogens with one attached hydrogen (secondary N) is 1. The molecule has 2 aromatic rings. The first-order valence-corrected chi connectivity index (χ1v) is 9.33. The molecule has 2 unspecified atom stereocenters. The van der Waals surface area contributed by atoms with Crippen molar-refractivity contribution < 1.29 is 26.7 Å². The number of sulfonamides is 1. The number of aliphatic hydroxyl groups excluding tert-OH is 1. The molecule has 0 amide bonds. The molecule has 1 aromatic carbocycles. The van der Waals surface area contributed by atoms with E-state index in [0.717, 1.165) is 0 Å². The van der Waals surface area contributed by atoms with Gasteiger partial charge in [0.25, 0.3) is 0 Å². The number of hydrogen-bond donors (Lipinski definition) is 2. The maximum Gasteiger partial charge on any atom is 0.397 e. The normalized spacial score (nSPS) is 15.2. The van der Waals surface area contributed by atoms with Gasteiger partial charge >= 0.3 is 6.18 Å². The van der Waals surface area contributed by atoms with E-state index in [-0.39, 0.29) is 14.1 Å². The van der Waals surface area contributed by atoms with Gasteiger partial charge in [0.15, 0.2) is 0 Å². The second kappa shape index (κ2) is 7.40. The van der Waals surface area contributed by atoms with Crippen molar-refractivity contribution in [1.82, 2.24) is 4.72 Å². The van der Waals surface area contributed by atoms with Crippen molar-refractivity contribution in [1.29, 1.82) is 0 Å². The lowest BCUT2D eigenvalue weighted by molar-refractivity contribution is -0.158. The van der Waals surface area contributed by atoms with Crippen molar-refractivity contribution >= 4 is 33.0 Å². The Morgan fingerprint density at radius 1 is 1.17 bits per heavy atom. The maximum atomic E-state index is 13.5. The molecule has 0 saturated heterocycles. The molecular weight excluding hydrogens is 387 g/mol. The number of benzene rings is 1. The highest BCUT2D eigenvalue weighted by molar-refractivity contribution is 7.91. The quantitative estimate of drug-likeness (QED) is 0.782. The molecule has 0 spiro atoms. The zero-order valence-electron chi connectivity index (χ0n) is 12.0. The maximum absolute atomic E-state index is 13.5. The van der Waals surface area contributed by atoms with Gasteiger partial charge in [0.05, 0.1) is 22.9 Å². The number of alkyl halides is 3. The van der Waals surface area contributed by atoms with Gasteiger partial charge in [-0.3, -0.25) is 0 Å². The zero-order chi connectivity index (χ0) is 18.0. The molecule has 0 aliphatic heterocycles. The standard InChI is InChI=1S/C14H13ClF3NO3S2/c15-11-6-7-12(23-11)24(21,22)19-10(8-20)13(14(16,17)18)9-4-2-1-3-5-9/h1-7,10,13,19-20H,8H2. The summed E-state index contributed by atoms with van der Waals surface area (Å²) in [5.74, 6) is -2.19. The molecule has 2 rings (SSSR count). The number of rotatable bonds is 6. The van der Waals surface area contributed by atoms with Gasteiger partial charge in [-0.05, 0) is 17.7 Å². The van der Waals surface area contributed by atoms with E-state index in [4.69, 9.17) is 11.6 Å². The van der Waals surface area contributed by atoms with Gasteiger partial charge in [-0.1, -0.05) is 41.9 Å². The molecular formula is C14H13ClF3NO3S2. The molecule has 1 heterocycles. The zero-order valence-corrected chi connectivity index (χ0v) is 14.4. The van der Waals surface area contributed by atoms with Gasteiger partial charge < -0.3 is 5.11 Å². The monoisotopic (exact) mass is 399 g/mol. The summed E-state index contributed by atoms with van der Waals surface area (Å²) in [4.78, 5) is 0. The Hall–Kier alpha value is -1.13. The summed E-state index contributed by atoms with van der Waals surface area (Å²) in [6.07, 6.45) is -4.75. The van der Waals surface area contributed by atoms with Crippen molar-refractivity contribution in [3.63, 3.8) is 0 Å². The minimum Gasteiger partial charge on any atom is -0.395 e. The first-order valence-electron chi connectivity index (χ1n) is 6.65. The van der Waals surface area contributed by atoms with E-state index in [0.29, 0.717) is 11.3 Å². The molecule has 0 aliphatic carbocycles. The van der Waals surface area contributed by atoms with Crippen LogP contribution in [0.5, 0.6) is 0 Å². The summed E-state index contributed by atoms with van der Waals surface area (Å²) in [5, 5.41) is 9.39. The minimum atomic E-state index is -4.75. The third kappa shape index (κ3) is 4.48. The third-order valence-corrected chi connectivity index (χ3v) is 6.44. The van der Waals surface area contributed by atoms with Crippen molar-refractivity contribution in [2.24, 2.45) is 0 Å². The van der Waals surface area contributed by atoms with Crippen LogP contribution in [0.25, 0.3) is 0 Å². The van der Waals surface area contributed by atoms with Crippen LogP contribution in [-0.2, 0) is 10.0 Å². The van der Waals surface area contributed by atoms with Gasteiger partial charge in [0, 0.05) is 0 Å². The molecule has 4 nitrogen and oxygen atoms in total. The predicted octanol–water partition coefficient (Wildman–Crippen LogP) is 3.39. The molecule has 24 heavy (non-hydrogen) atoms. The van der Waals surface area contributed by atoms with Crippen molar-refractivity contribution in [2.45, 2.75) is 22.3 Å². The minimum absolute atomic E-state index is 0.143. The second-order valence-corrected chi connectivity index (χ2v) is 8.55. The summed E-state index contributed by atoms with van der Waals surface area (Å²) in [7, 11) is -4.24. The Kier molecular flexibility index (Phi) is 5.92. The lowest BCUT2D eigenvalue weighted by atomic mass is 9.92. The van der Waals surface area contributed by atoms with Crippen LogP contribution in [0.2, 0.25) is 4.34 Å². The largest absolute Gasteiger partial charge is 0.397 e. The fourth-order valence-electron chi connectivity index (χ4n) is 2.22. The van der Waals surface area contributed by atoms with E-state index in [9.17, 15) is 26.7 Å². The molecule has 0 fully saturated rings. The van der Waals surface area contributed by atoms with Gasteiger partial charge in [-0.25, -0.2) is 13.1 Å². The van der Waals surface area contributed by atoms with Crippen LogP contribution in [0.3, 0.4) is 0 Å². The highest BCUT2D eigenvalue weighted by Gasteiger charge is 2.46. The summed E-state index contributed by atoms with van der Waals surface area (Å²) >= 11 is 6.38. The van der Waals surface area contributed by atoms with Gasteiger partial charge in [-0.2, -0.15) is 13.2 Å². The fraction of sp³-hybridized carbons (Fsp3) is 0.286. The average Bonchev–Trinajstić information content (AvgIpc) is 2.93. The second-order valence-electron chi connectivity index (χ2n) is 4.90. The molecule has 10 heteroatoms. The smallest absolute Gasteiger partial charge is 0.395 e. The van der Waals surface area contributed by atoms with E-state index in [1.54, 1.807) is 6.07 Å². The summed E-state index contributed by atoms with van der Waals surface area (Å²) < 4.78 is 66.8. The molecule has 0 radical (unpaired) electrons. The summed E-state index contributed by atoms with van der Waals surface area (Å²) in [6.45, 7) is -1.02. The van der Waals surface area contributed by atoms with Gasteiger partial charge in [-0.15, -0.1) is 11.3 Å². The topological polar surface area (TPSA) is 66.4 Å². The fourth-order valence-corrected chi connectivity index (χ4v) is 4.96. The van der Waals surface area contributed by atoms with Crippen molar-refractivity contribution in [2.75, 3.05) is 6.61 Å². The third-order valence-electron chi connectivity index (χ3n) is 3.23. The Labute approximate surface area is 145 Å². The van der Waals surface area contributed by atoms with E-state index >= 15 is 0 Å². The Balaban J connectivity index is 2.37. The SMILES string of the molecule is O=S(=O)(NC(CO)C(c1ccccc1)C(F)(F)F)c1ccc(Cl)s1. The molecule has 2 N–H and O–H groups in total. The number of hydrogen-bond acceptors (Lipinski definition) is 4. The lowest BCUT2D eigenvalue weighted by Crippen LogP contribution is -2.46.